The Bertz CT molecular complexity index is 838. The van der Waals surface area contributed by atoms with Gasteiger partial charge in [0.2, 0.25) is 11.1 Å². The van der Waals surface area contributed by atoms with Crippen LogP contribution in [0.1, 0.15) is 30.9 Å². The van der Waals surface area contributed by atoms with Gasteiger partial charge in [-0.05, 0) is 73.2 Å². The lowest BCUT2D eigenvalue weighted by Gasteiger charge is -2.22. The van der Waals surface area contributed by atoms with Gasteiger partial charge in [0, 0.05) is 0 Å². The van der Waals surface area contributed by atoms with Crippen molar-refractivity contribution in [3.05, 3.63) is 29.3 Å². The lowest BCUT2D eigenvalue weighted by molar-refractivity contribution is -0.119. The number of carbonyl (C=O) groups excluding carboxylic acids is 1. The number of nitrogens with one attached hydrogen (secondary N) is 1. The van der Waals surface area contributed by atoms with Crippen LogP contribution in [0.25, 0.3) is 5.69 Å². The Balaban J connectivity index is 1.66. The van der Waals surface area contributed by atoms with Crippen LogP contribution in [0, 0.1) is 31.1 Å². The smallest absolute Gasteiger partial charge is 0.231 e. The molecule has 0 spiro atoms. The van der Waals surface area contributed by atoms with Gasteiger partial charge in [-0.1, -0.05) is 17.8 Å². The van der Waals surface area contributed by atoms with Gasteiger partial charge in [-0.25, -0.2) is 0 Å². The molecule has 1 N–H and O–H groups in total. The number of hydrogen-bond donors (Lipinski definition) is 1. The van der Waals surface area contributed by atoms with Crippen LogP contribution in [-0.2, 0) is 4.79 Å². The van der Waals surface area contributed by atoms with Gasteiger partial charge in [-0.15, -0.1) is 5.10 Å². The molecule has 0 radical (unpaired) electrons. The van der Waals surface area contributed by atoms with Crippen molar-refractivity contribution in [3.8, 4) is 11.8 Å². The Morgan fingerprint density at radius 2 is 2.20 bits per heavy atom. The summed E-state index contributed by atoms with van der Waals surface area (Å²) in [5, 5.41) is 24.5. The quantitative estimate of drug-likeness (QED) is 0.797. The second kappa shape index (κ2) is 6.84. The summed E-state index contributed by atoms with van der Waals surface area (Å²) in [5.74, 6) is 0.234. The topological polar surface area (TPSA) is 96.5 Å². The number of carbonyl (C=O) groups is 1. The van der Waals surface area contributed by atoms with Crippen LogP contribution < -0.4 is 5.32 Å². The zero-order valence-corrected chi connectivity index (χ0v) is 15.3. The molecule has 130 valence electrons. The summed E-state index contributed by atoms with van der Waals surface area (Å²) in [5.41, 5.74) is 2.42. The molecule has 1 atom stereocenters. The highest BCUT2D eigenvalue weighted by Gasteiger charge is 2.42. The van der Waals surface area contributed by atoms with Crippen LogP contribution in [0.15, 0.2) is 23.4 Å². The van der Waals surface area contributed by atoms with Crippen LogP contribution >= 0.6 is 11.8 Å². The molecule has 1 saturated carbocycles. The maximum atomic E-state index is 12.2. The van der Waals surface area contributed by atoms with Crippen molar-refractivity contribution in [1.82, 2.24) is 25.5 Å². The lowest BCUT2D eigenvalue weighted by atomic mass is 9.98. The van der Waals surface area contributed by atoms with E-state index in [4.69, 9.17) is 0 Å². The van der Waals surface area contributed by atoms with Gasteiger partial charge >= 0.3 is 0 Å². The summed E-state index contributed by atoms with van der Waals surface area (Å²) in [4.78, 5) is 12.2. The molecule has 0 bridgehead atoms. The van der Waals surface area contributed by atoms with Gasteiger partial charge in [0.1, 0.15) is 5.54 Å². The van der Waals surface area contributed by atoms with E-state index in [0.717, 1.165) is 24.1 Å². The molecule has 1 fully saturated rings. The number of rotatable bonds is 6. The van der Waals surface area contributed by atoms with E-state index in [1.807, 2.05) is 32.0 Å². The molecule has 1 aromatic carbocycles. The number of nitrogens with zero attached hydrogens (tertiary/aromatic N) is 5. The van der Waals surface area contributed by atoms with Crippen LogP contribution in [-0.4, -0.2) is 37.4 Å². The standard InChI is InChI=1S/C17H20N6OS/c1-11-4-7-14(8-12(11)2)23-16(20-21-22-23)25-9-15(24)19-17(3,10-18)13-5-6-13/h4,7-8,13H,5-6,9H2,1-3H3,(H,19,24). The molecule has 1 unspecified atom stereocenters. The Morgan fingerprint density at radius 1 is 1.44 bits per heavy atom. The molecule has 1 amide bonds. The minimum Gasteiger partial charge on any atom is -0.337 e. The van der Waals surface area contributed by atoms with E-state index >= 15 is 0 Å². The number of tetrazole rings is 1. The summed E-state index contributed by atoms with van der Waals surface area (Å²) in [6.45, 7) is 5.86. The fourth-order valence-electron chi connectivity index (χ4n) is 2.63. The van der Waals surface area contributed by atoms with Crippen LogP contribution in [0.3, 0.4) is 0 Å². The third-order valence-electron chi connectivity index (χ3n) is 4.53. The van der Waals surface area contributed by atoms with E-state index in [-0.39, 0.29) is 17.6 Å². The first-order valence-electron chi connectivity index (χ1n) is 8.14. The number of aryl methyl sites for hydroxylation is 2. The summed E-state index contributed by atoms with van der Waals surface area (Å²) in [6.07, 6.45) is 1.98. The van der Waals surface area contributed by atoms with Crippen LogP contribution in [0.5, 0.6) is 0 Å². The van der Waals surface area contributed by atoms with E-state index in [0.29, 0.717) is 5.16 Å². The van der Waals surface area contributed by atoms with Crippen molar-refractivity contribution in [1.29, 1.82) is 5.26 Å². The highest BCUT2D eigenvalue weighted by Crippen LogP contribution is 2.39. The molecule has 8 heteroatoms. The van der Waals surface area contributed by atoms with Crippen LogP contribution in [0.2, 0.25) is 0 Å². The summed E-state index contributed by atoms with van der Waals surface area (Å²) >= 11 is 1.26. The van der Waals surface area contributed by atoms with E-state index in [1.165, 1.54) is 17.3 Å². The average Bonchev–Trinajstić information content (AvgIpc) is 3.35. The van der Waals surface area contributed by atoms with Crippen molar-refractivity contribution >= 4 is 17.7 Å². The van der Waals surface area contributed by atoms with E-state index in [1.54, 1.807) is 11.6 Å². The zero-order valence-electron chi connectivity index (χ0n) is 14.5. The molecular formula is C17H20N6OS. The van der Waals surface area contributed by atoms with Gasteiger partial charge in [0.05, 0.1) is 17.5 Å². The lowest BCUT2D eigenvalue weighted by Crippen LogP contribution is -2.47. The number of benzene rings is 1. The molecule has 1 aromatic heterocycles. The Kier molecular flexibility index (Phi) is 4.77. The van der Waals surface area contributed by atoms with Gasteiger partial charge in [0.25, 0.3) is 0 Å². The van der Waals surface area contributed by atoms with Crippen molar-refractivity contribution in [2.45, 2.75) is 44.3 Å². The second-order valence-corrected chi connectivity index (χ2v) is 7.51. The fraction of sp³-hybridized carbons (Fsp3) is 0.471. The first-order valence-corrected chi connectivity index (χ1v) is 9.12. The molecule has 3 rings (SSSR count). The Hall–Kier alpha value is -2.40. The molecular weight excluding hydrogens is 336 g/mol. The number of amides is 1. The largest absolute Gasteiger partial charge is 0.337 e. The minimum absolute atomic E-state index is 0.162. The maximum Gasteiger partial charge on any atom is 0.231 e. The summed E-state index contributed by atoms with van der Waals surface area (Å²) in [6, 6.07) is 8.20. The van der Waals surface area contributed by atoms with E-state index < -0.39 is 5.54 Å². The number of hydrogen-bond acceptors (Lipinski definition) is 6. The fourth-order valence-corrected chi connectivity index (χ4v) is 3.32. The highest BCUT2D eigenvalue weighted by atomic mass is 32.2. The molecule has 0 aliphatic heterocycles. The number of nitriles is 1. The Labute approximate surface area is 150 Å². The predicted molar refractivity (Wildman–Crippen MR) is 94.2 cm³/mol. The normalized spacial score (nSPS) is 16.1. The van der Waals surface area contributed by atoms with Gasteiger partial charge in [0.15, 0.2) is 0 Å². The van der Waals surface area contributed by atoms with Gasteiger partial charge < -0.3 is 5.32 Å². The molecule has 1 aliphatic rings. The molecule has 7 nitrogen and oxygen atoms in total. The molecule has 2 aromatic rings. The molecule has 1 heterocycles. The third kappa shape index (κ3) is 3.82. The maximum absolute atomic E-state index is 12.2. The van der Waals surface area contributed by atoms with Gasteiger partial charge in [-0.2, -0.15) is 9.94 Å². The molecule has 25 heavy (non-hydrogen) atoms. The van der Waals surface area contributed by atoms with E-state index in [2.05, 4.69) is 26.9 Å². The highest BCUT2D eigenvalue weighted by molar-refractivity contribution is 7.99. The van der Waals surface area contributed by atoms with Crippen LogP contribution in [0.4, 0.5) is 0 Å². The van der Waals surface area contributed by atoms with Gasteiger partial charge in [-0.3, -0.25) is 4.79 Å². The third-order valence-corrected chi connectivity index (χ3v) is 5.45. The zero-order chi connectivity index (χ0) is 18.0. The summed E-state index contributed by atoms with van der Waals surface area (Å²) in [7, 11) is 0. The van der Waals surface area contributed by atoms with Crippen molar-refractivity contribution in [2.24, 2.45) is 5.92 Å². The number of aromatic nitrogens is 4. The van der Waals surface area contributed by atoms with Crippen molar-refractivity contribution < 1.29 is 4.79 Å². The first-order chi connectivity index (χ1) is 11.9. The monoisotopic (exact) mass is 356 g/mol. The second-order valence-electron chi connectivity index (χ2n) is 6.57. The molecule has 1 aliphatic carbocycles. The first kappa shape index (κ1) is 17.4. The van der Waals surface area contributed by atoms with Crippen molar-refractivity contribution in [2.75, 3.05) is 5.75 Å². The molecule has 0 saturated heterocycles. The summed E-state index contributed by atoms with van der Waals surface area (Å²) < 4.78 is 1.62. The SMILES string of the molecule is Cc1ccc(-n2nnnc2SCC(=O)NC(C)(C#N)C2CC2)cc1C. The predicted octanol–water partition coefficient (Wildman–Crippen LogP) is 2.18. The minimum atomic E-state index is -0.780. The number of thioether (sulfide) groups is 1. The average molecular weight is 356 g/mol. The van der Waals surface area contributed by atoms with Crippen molar-refractivity contribution in [3.63, 3.8) is 0 Å². The Morgan fingerprint density at radius 3 is 2.84 bits per heavy atom. The van der Waals surface area contributed by atoms with E-state index in [9.17, 15) is 10.1 Å².